The minimum atomic E-state index is -0.330. The maximum Gasteiger partial charge on any atom is 0.262 e. The highest BCUT2D eigenvalue weighted by Gasteiger charge is 2.40. The van der Waals surface area contributed by atoms with Gasteiger partial charge in [-0.05, 0) is 50.4 Å². The van der Waals surface area contributed by atoms with Gasteiger partial charge in [0.05, 0.1) is 17.1 Å². The number of carbonyl (C=O) groups excluding carboxylic acids is 1. The highest BCUT2D eigenvalue weighted by atomic mass is 35.5. The maximum atomic E-state index is 12.9. The molecule has 1 unspecified atom stereocenters. The van der Waals surface area contributed by atoms with Crippen molar-refractivity contribution in [2.45, 2.75) is 58.1 Å². The quantitative estimate of drug-likeness (QED) is 0.740. The molecular formula is C20H29ClN4O3S. The van der Waals surface area contributed by atoms with E-state index in [4.69, 9.17) is 9.26 Å². The molecule has 2 aromatic heterocycles. The number of hydrogen-bond acceptors (Lipinski definition) is 7. The van der Waals surface area contributed by atoms with Gasteiger partial charge in [0, 0.05) is 17.7 Å². The van der Waals surface area contributed by atoms with Crippen LogP contribution in [0, 0.1) is 5.92 Å². The number of hydrogen-bond donors (Lipinski definition) is 2. The lowest BCUT2D eigenvalue weighted by Crippen LogP contribution is -2.44. The summed E-state index contributed by atoms with van der Waals surface area (Å²) in [5.41, 5.74) is 0.984. The first-order valence-electron chi connectivity index (χ1n) is 10.1. The van der Waals surface area contributed by atoms with E-state index < -0.39 is 0 Å². The minimum absolute atomic E-state index is 0. The van der Waals surface area contributed by atoms with Crippen molar-refractivity contribution in [2.75, 3.05) is 19.7 Å². The van der Waals surface area contributed by atoms with Crippen LogP contribution in [-0.4, -0.2) is 35.7 Å². The third kappa shape index (κ3) is 4.66. The summed E-state index contributed by atoms with van der Waals surface area (Å²) in [6, 6.07) is 1.70. The Bertz CT molecular complexity index is 845. The largest absolute Gasteiger partial charge is 0.370 e. The number of amides is 1. The fourth-order valence-electron chi connectivity index (χ4n) is 3.99. The lowest BCUT2D eigenvalue weighted by atomic mass is 9.83. The molecule has 7 nitrogen and oxygen atoms in total. The van der Waals surface area contributed by atoms with Gasteiger partial charge in [0.1, 0.15) is 6.04 Å². The van der Waals surface area contributed by atoms with Gasteiger partial charge < -0.3 is 19.9 Å². The summed E-state index contributed by atoms with van der Waals surface area (Å²) in [7, 11) is 0. The first kappa shape index (κ1) is 22.2. The number of aromatic nitrogens is 2. The van der Waals surface area contributed by atoms with Crippen molar-refractivity contribution < 1.29 is 14.1 Å². The van der Waals surface area contributed by atoms with Crippen LogP contribution >= 0.6 is 23.7 Å². The lowest BCUT2D eigenvalue weighted by Gasteiger charge is -2.40. The van der Waals surface area contributed by atoms with Gasteiger partial charge in [-0.3, -0.25) is 4.79 Å². The molecule has 29 heavy (non-hydrogen) atoms. The maximum absolute atomic E-state index is 12.9. The molecule has 4 heterocycles. The van der Waals surface area contributed by atoms with Crippen molar-refractivity contribution in [3.05, 3.63) is 33.1 Å². The predicted molar refractivity (Wildman–Crippen MR) is 114 cm³/mol. The standard InChI is InChI=1S/C20H28N4O3S.ClH/c1-12(2)10-17-23-19(27-24-17)13(3)22-18(25)16-11-14-15(28-16)4-9-26-20(14)5-7-21-8-6-20;/h11-13,21H,4-10H2,1-3H3,(H,22,25);1H. The van der Waals surface area contributed by atoms with Gasteiger partial charge in [-0.15, -0.1) is 23.7 Å². The van der Waals surface area contributed by atoms with Gasteiger partial charge >= 0.3 is 0 Å². The Kier molecular flexibility index (Phi) is 6.98. The van der Waals surface area contributed by atoms with Crippen LogP contribution in [0.2, 0.25) is 0 Å². The smallest absolute Gasteiger partial charge is 0.262 e. The highest BCUT2D eigenvalue weighted by Crippen LogP contribution is 2.43. The summed E-state index contributed by atoms with van der Waals surface area (Å²) in [5, 5.41) is 10.4. The summed E-state index contributed by atoms with van der Waals surface area (Å²) >= 11 is 1.58. The van der Waals surface area contributed by atoms with Crippen molar-refractivity contribution in [3.8, 4) is 0 Å². The second-order valence-electron chi connectivity index (χ2n) is 8.13. The van der Waals surface area contributed by atoms with Crippen molar-refractivity contribution >= 4 is 29.7 Å². The first-order valence-corrected chi connectivity index (χ1v) is 10.9. The fourth-order valence-corrected chi connectivity index (χ4v) is 5.13. The number of piperidine rings is 1. The number of thiophene rings is 1. The summed E-state index contributed by atoms with van der Waals surface area (Å²) in [6.45, 7) is 8.71. The number of ether oxygens (including phenoxy) is 1. The zero-order valence-electron chi connectivity index (χ0n) is 17.1. The Morgan fingerprint density at radius 3 is 2.83 bits per heavy atom. The van der Waals surface area contributed by atoms with Crippen LogP contribution in [0.1, 0.15) is 71.5 Å². The Morgan fingerprint density at radius 1 is 1.34 bits per heavy atom. The Labute approximate surface area is 181 Å². The molecule has 4 rings (SSSR count). The normalized spacial score (nSPS) is 18.9. The summed E-state index contributed by atoms with van der Waals surface area (Å²) in [5.74, 6) is 1.49. The molecule has 1 amide bonds. The average molecular weight is 441 g/mol. The lowest BCUT2D eigenvalue weighted by molar-refractivity contribution is -0.0792. The number of carbonyl (C=O) groups is 1. The van der Waals surface area contributed by atoms with E-state index in [1.807, 2.05) is 13.0 Å². The van der Waals surface area contributed by atoms with E-state index in [1.165, 1.54) is 10.4 Å². The zero-order valence-corrected chi connectivity index (χ0v) is 18.8. The van der Waals surface area contributed by atoms with Crippen LogP contribution in [0.3, 0.4) is 0 Å². The van der Waals surface area contributed by atoms with E-state index in [0.717, 1.165) is 50.3 Å². The monoisotopic (exact) mass is 440 g/mol. The molecule has 1 saturated heterocycles. The molecule has 9 heteroatoms. The predicted octanol–water partition coefficient (Wildman–Crippen LogP) is 3.39. The molecule has 0 saturated carbocycles. The third-order valence-corrected chi connectivity index (χ3v) is 6.63. The van der Waals surface area contributed by atoms with Gasteiger partial charge in [-0.25, -0.2) is 0 Å². The molecule has 1 fully saturated rings. The van der Waals surface area contributed by atoms with Crippen molar-refractivity contribution in [1.29, 1.82) is 0 Å². The van der Waals surface area contributed by atoms with Crippen LogP contribution in [-0.2, 0) is 23.2 Å². The number of halogens is 1. The van der Waals surface area contributed by atoms with E-state index in [-0.39, 0.29) is 30.0 Å². The average Bonchev–Trinajstić information content (AvgIpc) is 3.30. The molecule has 1 spiro atoms. The van der Waals surface area contributed by atoms with Crippen molar-refractivity contribution in [3.63, 3.8) is 0 Å². The van der Waals surface area contributed by atoms with Crippen LogP contribution in [0.5, 0.6) is 0 Å². The molecule has 2 aromatic rings. The van der Waals surface area contributed by atoms with Crippen LogP contribution in [0.15, 0.2) is 10.6 Å². The van der Waals surface area contributed by atoms with Gasteiger partial charge in [-0.1, -0.05) is 19.0 Å². The van der Waals surface area contributed by atoms with Crippen molar-refractivity contribution in [2.24, 2.45) is 5.92 Å². The van der Waals surface area contributed by atoms with Crippen LogP contribution in [0.25, 0.3) is 0 Å². The summed E-state index contributed by atoms with van der Waals surface area (Å²) in [6.07, 6.45) is 3.54. The third-order valence-electron chi connectivity index (χ3n) is 5.44. The molecule has 0 bridgehead atoms. The Hall–Kier alpha value is -1.48. The molecule has 0 aromatic carbocycles. The highest BCUT2D eigenvalue weighted by molar-refractivity contribution is 7.14. The van der Waals surface area contributed by atoms with E-state index >= 15 is 0 Å². The van der Waals surface area contributed by atoms with E-state index in [0.29, 0.717) is 17.6 Å². The van der Waals surface area contributed by atoms with Crippen molar-refractivity contribution in [1.82, 2.24) is 20.8 Å². The Balaban J connectivity index is 0.00000240. The number of nitrogens with zero attached hydrogens (tertiary/aromatic N) is 2. The second kappa shape index (κ2) is 9.12. The Morgan fingerprint density at radius 2 is 2.10 bits per heavy atom. The minimum Gasteiger partial charge on any atom is -0.370 e. The zero-order chi connectivity index (χ0) is 19.7. The van der Waals surface area contributed by atoms with Gasteiger partial charge in [0.25, 0.3) is 5.91 Å². The van der Waals surface area contributed by atoms with E-state index in [9.17, 15) is 4.79 Å². The molecule has 1 atom stereocenters. The molecule has 160 valence electrons. The second-order valence-corrected chi connectivity index (χ2v) is 9.27. The molecule has 2 N–H and O–H groups in total. The number of nitrogens with one attached hydrogen (secondary N) is 2. The summed E-state index contributed by atoms with van der Waals surface area (Å²) < 4.78 is 11.5. The topological polar surface area (TPSA) is 89.3 Å². The molecule has 2 aliphatic rings. The van der Waals surface area contributed by atoms with Gasteiger partial charge in [-0.2, -0.15) is 4.98 Å². The van der Waals surface area contributed by atoms with Gasteiger partial charge in [0.2, 0.25) is 5.89 Å². The summed E-state index contributed by atoms with van der Waals surface area (Å²) in [4.78, 5) is 19.3. The van der Waals surface area contributed by atoms with Crippen LogP contribution in [0.4, 0.5) is 0 Å². The first-order chi connectivity index (χ1) is 13.5. The molecular weight excluding hydrogens is 412 g/mol. The molecule has 2 aliphatic heterocycles. The SMILES string of the molecule is CC(C)Cc1noc(C(C)NC(=O)c2cc3c(s2)CCOC32CCNCC2)n1.Cl. The number of rotatable bonds is 5. The fraction of sp³-hybridized carbons (Fsp3) is 0.650. The molecule has 0 aliphatic carbocycles. The van der Waals surface area contributed by atoms with E-state index in [2.05, 4.69) is 34.6 Å². The van der Waals surface area contributed by atoms with Gasteiger partial charge in [0.15, 0.2) is 5.82 Å². The van der Waals surface area contributed by atoms with Crippen LogP contribution < -0.4 is 10.6 Å². The van der Waals surface area contributed by atoms with E-state index in [1.54, 1.807) is 11.3 Å². The number of fused-ring (bicyclic) bond motifs is 2. The molecule has 0 radical (unpaired) electrons.